The van der Waals surface area contributed by atoms with Crippen molar-refractivity contribution in [2.45, 2.75) is 6.54 Å². The molecule has 0 aliphatic carbocycles. The number of carbonyl (C=O) groups excluding carboxylic acids is 1. The predicted octanol–water partition coefficient (Wildman–Crippen LogP) is 3.22. The number of amides is 1. The first-order valence-corrected chi connectivity index (χ1v) is 8.64. The summed E-state index contributed by atoms with van der Waals surface area (Å²) >= 11 is 0. The van der Waals surface area contributed by atoms with Gasteiger partial charge in [-0.05, 0) is 23.8 Å². The van der Waals surface area contributed by atoms with E-state index in [-0.39, 0.29) is 12.4 Å². The van der Waals surface area contributed by atoms with E-state index in [0.29, 0.717) is 34.3 Å². The fraction of sp³-hybridized carbons (Fsp3) is 0.0952. The second-order valence-corrected chi connectivity index (χ2v) is 6.33. The van der Waals surface area contributed by atoms with Crippen LogP contribution in [0.15, 0.2) is 60.8 Å². The molecule has 0 saturated carbocycles. The number of carboxylic acid groups (broad SMARTS) is 1. The fourth-order valence-corrected chi connectivity index (χ4v) is 3.41. The van der Waals surface area contributed by atoms with Gasteiger partial charge in [0.05, 0.1) is 10.9 Å². The van der Waals surface area contributed by atoms with Crippen LogP contribution in [0.25, 0.3) is 21.9 Å². The van der Waals surface area contributed by atoms with E-state index in [0.717, 1.165) is 11.1 Å². The molecule has 4 aromatic rings. The maximum Gasteiger partial charge on any atom is 0.341 e. The number of ether oxygens (including phenoxy) is 1. The number of halogens is 1. The van der Waals surface area contributed by atoms with Crippen LogP contribution in [0.1, 0.15) is 15.9 Å². The summed E-state index contributed by atoms with van der Waals surface area (Å²) < 4.78 is 7.45. The molecule has 2 heterocycles. The number of carboxylic acids is 1. The number of hydrogen-bond acceptors (Lipinski definition) is 4. The monoisotopic (exact) mass is 411 g/mol. The number of hydrogen-bond donors (Lipinski definition) is 2. The van der Waals surface area contributed by atoms with E-state index in [1.165, 1.54) is 0 Å². The van der Waals surface area contributed by atoms with Crippen LogP contribution in [0.5, 0.6) is 5.75 Å². The highest BCUT2D eigenvalue weighted by atomic mass is 35.5. The summed E-state index contributed by atoms with van der Waals surface area (Å²) in [5.41, 5.74) is 8.36. The van der Waals surface area contributed by atoms with Crippen molar-refractivity contribution >= 4 is 46.2 Å². The Morgan fingerprint density at radius 2 is 1.79 bits per heavy atom. The molecule has 0 aliphatic rings. The highest BCUT2D eigenvalue weighted by Gasteiger charge is 2.21. The third-order valence-electron chi connectivity index (χ3n) is 4.53. The van der Waals surface area contributed by atoms with Crippen molar-refractivity contribution < 1.29 is 19.4 Å². The highest BCUT2D eigenvalue weighted by molar-refractivity contribution is 6.19. The standard InChI is InChI=1S/C21H17N3O4.ClH/c22-20(27)14-7-4-8-15-18(14)19-16(28-12-17(25)26)9-10-23-21(19)24(15)11-13-5-2-1-3-6-13;/h1-10H,11-12H2,(H2,22,27)(H,25,26);1H. The Balaban J connectivity index is 0.00000240. The number of nitrogens with two attached hydrogens (primary N) is 1. The summed E-state index contributed by atoms with van der Waals surface area (Å²) in [5, 5.41) is 10.2. The molecule has 3 N–H and O–H groups in total. The van der Waals surface area contributed by atoms with Crippen LogP contribution in [-0.4, -0.2) is 33.1 Å². The number of carbonyl (C=O) groups is 2. The zero-order valence-corrected chi connectivity index (χ0v) is 16.1. The molecule has 0 atom stereocenters. The molecule has 8 heteroatoms. The highest BCUT2D eigenvalue weighted by Crippen LogP contribution is 2.36. The van der Waals surface area contributed by atoms with E-state index in [1.54, 1.807) is 24.4 Å². The van der Waals surface area contributed by atoms with Gasteiger partial charge in [0.1, 0.15) is 11.4 Å². The van der Waals surface area contributed by atoms with Gasteiger partial charge in [0, 0.05) is 23.7 Å². The molecule has 0 bridgehead atoms. The molecular formula is C21H18ClN3O4. The second-order valence-electron chi connectivity index (χ2n) is 6.33. The van der Waals surface area contributed by atoms with Crippen LogP contribution in [0.4, 0.5) is 0 Å². The molecule has 0 saturated heterocycles. The lowest BCUT2D eigenvalue weighted by molar-refractivity contribution is -0.139. The Labute approximate surface area is 172 Å². The average Bonchev–Trinajstić information content (AvgIpc) is 3.01. The van der Waals surface area contributed by atoms with Crippen molar-refractivity contribution in [2.24, 2.45) is 5.73 Å². The summed E-state index contributed by atoms with van der Waals surface area (Å²) in [6.45, 7) is 0.0294. The number of aliphatic carboxylic acids is 1. The second kappa shape index (κ2) is 8.20. The summed E-state index contributed by atoms with van der Waals surface area (Å²) in [7, 11) is 0. The van der Waals surface area contributed by atoms with Gasteiger partial charge in [-0.2, -0.15) is 0 Å². The summed E-state index contributed by atoms with van der Waals surface area (Å²) in [5.74, 6) is -1.32. The minimum Gasteiger partial charge on any atom is -0.481 e. The van der Waals surface area contributed by atoms with Crippen LogP contribution >= 0.6 is 12.4 Å². The van der Waals surface area contributed by atoms with Gasteiger partial charge in [0.2, 0.25) is 5.91 Å². The molecule has 0 unspecified atom stereocenters. The number of pyridine rings is 1. The van der Waals surface area contributed by atoms with E-state index in [4.69, 9.17) is 15.6 Å². The lowest BCUT2D eigenvalue weighted by Gasteiger charge is -2.08. The third kappa shape index (κ3) is 3.72. The lowest BCUT2D eigenvalue weighted by atomic mass is 10.1. The van der Waals surface area contributed by atoms with E-state index in [9.17, 15) is 9.59 Å². The molecule has 0 aliphatic heterocycles. The predicted molar refractivity (Wildman–Crippen MR) is 112 cm³/mol. The van der Waals surface area contributed by atoms with Gasteiger partial charge in [-0.25, -0.2) is 9.78 Å². The van der Waals surface area contributed by atoms with Gasteiger partial charge in [-0.15, -0.1) is 12.4 Å². The largest absolute Gasteiger partial charge is 0.481 e. The van der Waals surface area contributed by atoms with Crippen LogP contribution < -0.4 is 10.5 Å². The summed E-state index contributed by atoms with van der Waals surface area (Å²) in [4.78, 5) is 27.5. The first-order chi connectivity index (χ1) is 13.6. The molecule has 4 rings (SSSR count). The maximum atomic E-state index is 12.1. The van der Waals surface area contributed by atoms with Crippen molar-refractivity contribution in [1.82, 2.24) is 9.55 Å². The van der Waals surface area contributed by atoms with Gasteiger partial charge < -0.3 is 20.1 Å². The van der Waals surface area contributed by atoms with Crippen LogP contribution in [0, 0.1) is 0 Å². The van der Waals surface area contributed by atoms with Crippen molar-refractivity contribution in [2.75, 3.05) is 6.61 Å². The van der Waals surface area contributed by atoms with Crippen LogP contribution in [0.3, 0.4) is 0 Å². The Hall–Kier alpha value is -3.58. The smallest absolute Gasteiger partial charge is 0.341 e. The third-order valence-corrected chi connectivity index (χ3v) is 4.53. The van der Waals surface area contributed by atoms with Crippen LogP contribution in [-0.2, 0) is 11.3 Å². The number of fused-ring (bicyclic) bond motifs is 3. The van der Waals surface area contributed by atoms with Crippen molar-refractivity contribution in [3.8, 4) is 5.75 Å². The van der Waals surface area contributed by atoms with E-state index in [1.807, 2.05) is 41.0 Å². The molecule has 0 radical (unpaired) electrons. The summed E-state index contributed by atoms with van der Waals surface area (Å²) in [6, 6.07) is 16.7. The van der Waals surface area contributed by atoms with Gasteiger partial charge in [0.25, 0.3) is 0 Å². The zero-order valence-electron chi connectivity index (χ0n) is 15.2. The molecule has 0 spiro atoms. The summed E-state index contributed by atoms with van der Waals surface area (Å²) in [6.07, 6.45) is 1.56. The van der Waals surface area contributed by atoms with Gasteiger partial charge in [-0.3, -0.25) is 4.79 Å². The molecular weight excluding hydrogens is 394 g/mol. The molecule has 148 valence electrons. The number of rotatable bonds is 6. The minimum absolute atomic E-state index is 0. The molecule has 7 nitrogen and oxygen atoms in total. The Bertz CT molecular complexity index is 1200. The van der Waals surface area contributed by atoms with Crippen molar-refractivity contribution in [3.05, 3.63) is 71.9 Å². The molecule has 1 amide bonds. The van der Waals surface area contributed by atoms with Gasteiger partial charge in [0.15, 0.2) is 6.61 Å². The Morgan fingerprint density at radius 1 is 1.03 bits per heavy atom. The zero-order chi connectivity index (χ0) is 19.7. The Kier molecular flexibility index (Phi) is 5.70. The molecule has 2 aromatic carbocycles. The molecule has 29 heavy (non-hydrogen) atoms. The average molecular weight is 412 g/mol. The van der Waals surface area contributed by atoms with Crippen molar-refractivity contribution in [3.63, 3.8) is 0 Å². The minimum atomic E-state index is -1.09. The van der Waals surface area contributed by atoms with Gasteiger partial charge >= 0.3 is 5.97 Å². The fourth-order valence-electron chi connectivity index (χ4n) is 3.41. The normalized spacial score (nSPS) is 10.6. The Morgan fingerprint density at radius 3 is 2.48 bits per heavy atom. The maximum absolute atomic E-state index is 12.1. The molecule has 0 fully saturated rings. The quantitative estimate of drug-likeness (QED) is 0.506. The number of primary amides is 1. The SMILES string of the molecule is Cl.NC(=O)c1cccc2c1c1c(OCC(=O)O)ccnc1n2Cc1ccccc1. The topological polar surface area (TPSA) is 107 Å². The number of aromatic nitrogens is 2. The molecule has 2 aromatic heterocycles. The van der Waals surface area contributed by atoms with E-state index in [2.05, 4.69) is 4.98 Å². The van der Waals surface area contributed by atoms with E-state index >= 15 is 0 Å². The first-order valence-electron chi connectivity index (χ1n) is 8.64. The van der Waals surface area contributed by atoms with E-state index < -0.39 is 18.5 Å². The van der Waals surface area contributed by atoms with Crippen LogP contribution in [0.2, 0.25) is 0 Å². The number of nitrogens with zero attached hydrogens (tertiary/aromatic N) is 2. The van der Waals surface area contributed by atoms with Crippen molar-refractivity contribution in [1.29, 1.82) is 0 Å². The first kappa shape index (κ1) is 20.2. The number of benzene rings is 2. The lowest BCUT2D eigenvalue weighted by Crippen LogP contribution is -2.11. The van der Waals surface area contributed by atoms with Gasteiger partial charge in [-0.1, -0.05) is 36.4 Å².